The average molecular weight is 268 g/mol. The van der Waals surface area contributed by atoms with Gasteiger partial charge in [-0.3, -0.25) is 4.79 Å². The Morgan fingerprint density at radius 3 is 2.00 bits per heavy atom. The quantitative estimate of drug-likeness (QED) is 0.767. The van der Waals surface area contributed by atoms with Crippen molar-refractivity contribution in [1.82, 2.24) is 4.57 Å². The number of para-hydroxylation sites is 2. The molecule has 0 radical (unpaired) electrons. The molecule has 0 amide bonds. The van der Waals surface area contributed by atoms with Crippen molar-refractivity contribution in [3.05, 3.63) is 48.5 Å². The Balaban J connectivity index is 2.30. The minimum absolute atomic E-state index is 0.232. The number of benzene rings is 2. The maximum atomic E-state index is 11.3. The number of carboxylic acid groups (broad SMARTS) is 1. The standard InChI is InChI=1S/C16H16N2O2/c1-16(17,15(19)20)10-18-13-8-4-2-6-11(13)12-7-3-5-9-14(12)18/h2-9H,10,17H2,1H3,(H,19,20). The van der Waals surface area contributed by atoms with Crippen LogP contribution in [0.25, 0.3) is 21.8 Å². The summed E-state index contributed by atoms with van der Waals surface area (Å²) in [5.41, 5.74) is 6.62. The minimum atomic E-state index is -1.30. The van der Waals surface area contributed by atoms with Crippen LogP contribution in [0, 0.1) is 0 Å². The lowest BCUT2D eigenvalue weighted by Crippen LogP contribution is -2.48. The topological polar surface area (TPSA) is 68.2 Å². The van der Waals surface area contributed by atoms with E-state index in [1.807, 2.05) is 53.1 Å². The van der Waals surface area contributed by atoms with Gasteiger partial charge < -0.3 is 15.4 Å². The zero-order chi connectivity index (χ0) is 14.3. The monoisotopic (exact) mass is 268 g/mol. The largest absolute Gasteiger partial charge is 0.480 e. The number of carboxylic acids is 1. The van der Waals surface area contributed by atoms with E-state index in [0.717, 1.165) is 21.8 Å². The molecular weight excluding hydrogens is 252 g/mol. The summed E-state index contributed by atoms with van der Waals surface area (Å²) in [4.78, 5) is 11.3. The number of hydrogen-bond donors (Lipinski definition) is 2. The highest BCUT2D eigenvalue weighted by molar-refractivity contribution is 6.08. The van der Waals surface area contributed by atoms with Crippen molar-refractivity contribution in [2.24, 2.45) is 5.73 Å². The summed E-state index contributed by atoms with van der Waals surface area (Å²) in [6, 6.07) is 15.9. The van der Waals surface area contributed by atoms with Crippen LogP contribution in [0.3, 0.4) is 0 Å². The molecule has 20 heavy (non-hydrogen) atoms. The third-order valence-corrected chi connectivity index (χ3v) is 3.66. The van der Waals surface area contributed by atoms with Crippen molar-refractivity contribution in [1.29, 1.82) is 0 Å². The molecule has 0 spiro atoms. The Bertz CT molecular complexity index is 749. The maximum Gasteiger partial charge on any atom is 0.325 e. The molecule has 3 N–H and O–H groups in total. The highest BCUT2D eigenvalue weighted by Crippen LogP contribution is 2.29. The van der Waals surface area contributed by atoms with Crippen LogP contribution < -0.4 is 5.73 Å². The number of nitrogens with two attached hydrogens (primary N) is 1. The number of rotatable bonds is 3. The second-order valence-electron chi connectivity index (χ2n) is 5.34. The van der Waals surface area contributed by atoms with Gasteiger partial charge in [-0.05, 0) is 19.1 Å². The van der Waals surface area contributed by atoms with Gasteiger partial charge in [-0.25, -0.2) is 0 Å². The third-order valence-electron chi connectivity index (χ3n) is 3.66. The van der Waals surface area contributed by atoms with Crippen LogP contribution in [0.15, 0.2) is 48.5 Å². The van der Waals surface area contributed by atoms with E-state index in [1.165, 1.54) is 0 Å². The van der Waals surface area contributed by atoms with E-state index in [9.17, 15) is 9.90 Å². The van der Waals surface area contributed by atoms with Gasteiger partial charge in [0.1, 0.15) is 5.54 Å². The fourth-order valence-corrected chi connectivity index (χ4v) is 2.57. The molecule has 0 aliphatic rings. The minimum Gasteiger partial charge on any atom is -0.480 e. The Morgan fingerprint density at radius 2 is 1.55 bits per heavy atom. The van der Waals surface area contributed by atoms with E-state index in [2.05, 4.69) is 0 Å². The Kier molecular flexibility index (Phi) is 2.76. The third kappa shape index (κ3) is 1.85. The molecule has 0 aliphatic carbocycles. The molecule has 1 aromatic heterocycles. The van der Waals surface area contributed by atoms with Gasteiger partial charge in [0.05, 0.1) is 6.54 Å². The number of hydrogen-bond acceptors (Lipinski definition) is 2. The van der Waals surface area contributed by atoms with Crippen molar-refractivity contribution < 1.29 is 9.90 Å². The molecule has 2 aromatic carbocycles. The number of aliphatic carboxylic acids is 1. The van der Waals surface area contributed by atoms with Crippen LogP contribution in [0.4, 0.5) is 0 Å². The van der Waals surface area contributed by atoms with Gasteiger partial charge >= 0.3 is 5.97 Å². The lowest BCUT2D eigenvalue weighted by Gasteiger charge is -2.21. The second kappa shape index (κ2) is 4.35. The lowest BCUT2D eigenvalue weighted by atomic mass is 10.0. The van der Waals surface area contributed by atoms with Gasteiger partial charge in [-0.2, -0.15) is 0 Å². The van der Waals surface area contributed by atoms with E-state index in [1.54, 1.807) is 6.92 Å². The molecule has 0 aliphatic heterocycles. The Morgan fingerprint density at radius 1 is 1.10 bits per heavy atom. The van der Waals surface area contributed by atoms with E-state index in [4.69, 9.17) is 5.73 Å². The predicted octanol–water partition coefficient (Wildman–Crippen LogP) is 2.60. The molecule has 3 aromatic rings. The molecule has 0 saturated carbocycles. The Hall–Kier alpha value is -2.33. The summed E-state index contributed by atoms with van der Waals surface area (Å²) >= 11 is 0. The summed E-state index contributed by atoms with van der Waals surface area (Å²) in [5, 5.41) is 11.5. The van der Waals surface area contributed by atoms with Gasteiger partial charge in [-0.15, -0.1) is 0 Å². The first-order valence-electron chi connectivity index (χ1n) is 6.49. The fraction of sp³-hybridized carbons (Fsp3) is 0.188. The number of carbonyl (C=O) groups is 1. The smallest absolute Gasteiger partial charge is 0.325 e. The summed E-state index contributed by atoms with van der Waals surface area (Å²) in [6.45, 7) is 1.77. The maximum absolute atomic E-state index is 11.3. The van der Waals surface area contributed by atoms with E-state index >= 15 is 0 Å². The first kappa shape index (κ1) is 12.7. The van der Waals surface area contributed by atoms with Crippen LogP contribution in [0.2, 0.25) is 0 Å². The average Bonchev–Trinajstić information content (AvgIpc) is 2.74. The molecule has 4 heteroatoms. The zero-order valence-electron chi connectivity index (χ0n) is 11.2. The summed E-state index contributed by atoms with van der Waals surface area (Å²) < 4.78 is 1.98. The molecule has 4 nitrogen and oxygen atoms in total. The second-order valence-corrected chi connectivity index (χ2v) is 5.34. The summed E-state index contributed by atoms with van der Waals surface area (Å²) in [5.74, 6) is -1.00. The van der Waals surface area contributed by atoms with Crippen molar-refractivity contribution >= 4 is 27.8 Å². The van der Waals surface area contributed by atoms with Crippen molar-refractivity contribution in [3.63, 3.8) is 0 Å². The summed E-state index contributed by atoms with van der Waals surface area (Å²) in [7, 11) is 0. The first-order chi connectivity index (χ1) is 9.50. The van der Waals surface area contributed by atoms with E-state index < -0.39 is 11.5 Å². The molecule has 1 unspecified atom stereocenters. The molecule has 0 bridgehead atoms. The summed E-state index contributed by atoms with van der Waals surface area (Å²) in [6.07, 6.45) is 0. The van der Waals surface area contributed by atoms with Crippen LogP contribution in [0.5, 0.6) is 0 Å². The van der Waals surface area contributed by atoms with E-state index in [0.29, 0.717) is 0 Å². The van der Waals surface area contributed by atoms with Gasteiger partial charge in [0.15, 0.2) is 0 Å². The molecule has 1 atom stereocenters. The molecule has 0 fully saturated rings. The van der Waals surface area contributed by atoms with E-state index in [-0.39, 0.29) is 6.54 Å². The highest BCUT2D eigenvalue weighted by atomic mass is 16.4. The molecule has 102 valence electrons. The zero-order valence-corrected chi connectivity index (χ0v) is 11.2. The van der Waals surface area contributed by atoms with Crippen LogP contribution in [-0.4, -0.2) is 21.2 Å². The predicted molar refractivity (Wildman–Crippen MR) is 79.7 cm³/mol. The van der Waals surface area contributed by atoms with Gasteiger partial charge in [-0.1, -0.05) is 36.4 Å². The number of nitrogens with zero attached hydrogens (tertiary/aromatic N) is 1. The van der Waals surface area contributed by atoms with Crippen molar-refractivity contribution in [2.45, 2.75) is 19.0 Å². The molecule has 3 rings (SSSR count). The van der Waals surface area contributed by atoms with Crippen LogP contribution >= 0.6 is 0 Å². The lowest BCUT2D eigenvalue weighted by molar-refractivity contribution is -0.143. The number of fused-ring (bicyclic) bond motifs is 3. The molecule has 1 heterocycles. The highest BCUT2D eigenvalue weighted by Gasteiger charge is 2.29. The Labute approximate surface area is 116 Å². The van der Waals surface area contributed by atoms with Crippen LogP contribution in [0.1, 0.15) is 6.92 Å². The van der Waals surface area contributed by atoms with Crippen LogP contribution in [-0.2, 0) is 11.3 Å². The first-order valence-corrected chi connectivity index (χ1v) is 6.49. The van der Waals surface area contributed by atoms with Crippen molar-refractivity contribution in [3.8, 4) is 0 Å². The SMILES string of the molecule is CC(N)(Cn1c2ccccc2c2ccccc21)C(=O)O. The normalized spacial score (nSPS) is 14.5. The van der Waals surface area contributed by atoms with Gasteiger partial charge in [0, 0.05) is 21.8 Å². The van der Waals surface area contributed by atoms with Gasteiger partial charge in [0.25, 0.3) is 0 Å². The number of aromatic nitrogens is 1. The molecular formula is C16H16N2O2. The van der Waals surface area contributed by atoms with Gasteiger partial charge in [0.2, 0.25) is 0 Å². The van der Waals surface area contributed by atoms with Crippen molar-refractivity contribution in [2.75, 3.05) is 0 Å². The fourth-order valence-electron chi connectivity index (χ4n) is 2.57. The molecule has 0 saturated heterocycles.